The second-order valence-corrected chi connectivity index (χ2v) is 7.26. The van der Waals surface area contributed by atoms with Crippen LogP contribution in [0.1, 0.15) is 20.9 Å². The molecule has 1 heterocycles. The second-order valence-electron chi connectivity index (χ2n) is 6.26. The van der Waals surface area contributed by atoms with E-state index in [1.165, 1.54) is 23.5 Å². The minimum Gasteiger partial charge on any atom is -0.497 e. The summed E-state index contributed by atoms with van der Waals surface area (Å²) < 4.78 is 18.3. The molecule has 0 bridgehead atoms. The van der Waals surface area contributed by atoms with Gasteiger partial charge in [0.25, 0.3) is 5.91 Å². The Morgan fingerprint density at radius 1 is 1.21 bits per heavy atom. The Hall–Kier alpha value is -2.99. The quantitative estimate of drug-likeness (QED) is 0.522. The third kappa shape index (κ3) is 4.46. The largest absolute Gasteiger partial charge is 0.497 e. The lowest BCUT2D eigenvalue weighted by molar-refractivity contribution is 0.0766. The highest BCUT2D eigenvalue weighted by Gasteiger charge is 2.21. The first-order valence-corrected chi connectivity index (χ1v) is 9.60. The fourth-order valence-corrected chi connectivity index (χ4v) is 3.82. The maximum atomic E-state index is 13.2. The number of benzene rings is 2. The van der Waals surface area contributed by atoms with Gasteiger partial charge in [-0.05, 0) is 48.9 Å². The van der Waals surface area contributed by atoms with Crippen molar-refractivity contribution in [3.05, 3.63) is 83.1 Å². The van der Waals surface area contributed by atoms with Gasteiger partial charge in [0, 0.05) is 18.7 Å². The van der Waals surface area contributed by atoms with Crippen molar-refractivity contribution in [2.75, 3.05) is 13.7 Å². The zero-order valence-electron chi connectivity index (χ0n) is 15.8. The summed E-state index contributed by atoms with van der Waals surface area (Å²) in [6.45, 7) is 6.46. The third-order valence-corrected chi connectivity index (χ3v) is 5.45. The molecule has 3 aromatic rings. The Kier molecular flexibility index (Phi) is 6.21. The first kappa shape index (κ1) is 19.8. The van der Waals surface area contributed by atoms with Gasteiger partial charge in [-0.15, -0.1) is 17.9 Å². The molecule has 0 N–H and O–H groups in total. The minimum absolute atomic E-state index is 0.0981. The van der Waals surface area contributed by atoms with E-state index in [0.717, 1.165) is 16.9 Å². The number of aryl methyl sites for hydroxylation is 1. The van der Waals surface area contributed by atoms with Crippen LogP contribution in [0.3, 0.4) is 0 Å². The zero-order chi connectivity index (χ0) is 20.1. The number of aromatic nitrogens is 1. The predicted octanol–water partition coefficient (Wildman–Crippen LogP) is 5.09. The first-order valence-electron chi connectivity index (χ1n) is 8.78. The molecule has 1 aromatic heterocycles. The van der Waals surface area contributed by atoms with Crippen LogP contribution in [0.2, 0.25) is 0 Å². The van der Waals surface area contributed by atoms with Crippen molar-refractivity contribution in [3.63, 3.8) is 0 Å². The lowest BCUT2D eigenvalue weighted by atomic mass is 10.2. The van der Waals surface area contributed by atoms with Gasteiger partial charge in [-0.25, -0.2) is 9.37 Å². The Morgan fingerprint density at radius 3 is 2.50 bits per heavy atom. The van der Waals surface area contributed by atoms with Crippen LogP contribution in [0.5, 0.6) is 5.75 Å². The number of carbonyl (C=O) groups excluding carboxylic acids is 1. The van der Waals surface area contributed by atoms with Crippen molar-refractivity contribution in [1.82, 2.24) is 9.88 Å². The molecule has 0 radical (unpaired) electrons. The molecule has 2 aromatic carbocycles. The zero-order valence-corrected chi connectivity index (χ0v) is 16.6. The molecule has 0 saturated heterocycles. The fraction of sp³-hybridized carbons (Fsp3) is 0.182. The summed E-state index contributed by atoms with van der Waals surface area (Å²) in [4.78, 5) is 20.0. The maximum absolute atomic E-state index is 13.2. The third-order valence-electron chi connectivity index (χ3n) is 4.25. The number of methoxy groups -OCH3 is 1. The summed E-state index contributed by atoms with van der Waals surface area (Å²) >= 11 is 1.32. The van der Waals surface area contributed by atoms with Crippen LogP contribution in [0.25, 0.3) is 10.6 Å². The molecule has 0 saturated carbocycles. The molecule has 0 atom stereocenters. The van der Waals surface area contributed by atoms with Gasteiger partial charge in [0.1, 0.15) is 21.5 Å². The number of rotatable bonds is 7. The molecule has 1 amide bonds. The van der Waals surface area contributed by atoms with Gasteiger partial charge < -0.3 is 9.64 Å². The van der Waals surface area contributed by atoms with Crippen LogP contribution in [0.15, 0.2) is 61.2 Å². The highest BCUT2D eigenvalue weighted by atomic mass is 32.1. The molecular formula is C22H21FN2O2S. The molecule has 0 aliphatic rings. The summed E-state index contributed by atoms with van der Waals surface area (Å²) in [5.74, 6) is 0.372. The molecule has 0 unspecified atom stereocenters. The number of halogens is 1. The molecule has 3 rings (SSSR count). The van der Waals surface area contributed by atoms with Gasteiger partial charge in [-0.3, -0.25) is 4.79 Å². The maximum Gasteiger partial charge on any atom is 0.266 e. The van der Waals surface area contributed by atoms with E-state index in [4.69, 9.17) is 4.74 Å². The Balaban J connectivity index is 1.84. The summed E-state index contributed by atoms with van der Waals surface area (Å²) in [5, 5.41) is 0.698. The number of nitrogens with zero attached hydrogens (tertiary/aromatic N) is 2. The van der Waals surface area contributed by atoms with E-state index in [9.17, 15) is 9.18 Å². The van der Waals surface area contributed by atoms with Gasteiger partial charge in [0.2, 0.25) is 0 Å². The van der Waals surface area contributed by atoms with Gasteiger partial charge in [0.05, 0.1) is 12.8 Å². The molecule has 0 spiro atoms. The van der Waals surface area contributed by atoms with Crippen LogP contribution in [-0.2, 0) is 6.54 Å². The van der Waals surface area contributed by atoms with E-state index in [1.807, 2.05) is 31.2 Å². The predicted molar refractivity (Wildman–Crippen MR) is 110 cm³/mol. The second kappa shape index (κ2) is 8.80. The van der Waals surface area contributed by atoms with E-state index in [0.29, 0.717) is 28.7 Å². The van der Waals surface area contributed by atoms with Gasteiger partial charge in [0.15, 0.2) is 0 Å². The number of hydrogen-bond donors (Lipinski definition) is 0. The lowest BCUT2D eigenvalue weighted by Crippen LogP contribution is -2.30. The SMILES string of the molecule is C=CCN(Cc1ccc(OC)cc1)C(=O)c1sc(-c2ccc(F)cc2)nc1C. The standard InChI is InChI=1S/C22H21FN2O2S/c1-4-13-25(14-16-5-11-19(27-3)12-6-16)22(26)20-15(2)24-21(28-20)17-7-9-18(23)10-8-17/h4-12H,1,13-14H2,2-3H3. The molecule has 144 valence electrons. The fourth-order valence-electron chi connectivity index (χ4n) is 2.78. The van der Waals surface area contributed by atoms with Gasteiger partial charge in [-0.2, -0.15) is 0 Å². The summed E-state index contributed by atoms with van der Waals surface area (Å²) in [7, 11) is 1.62. The Labute approximate surface area is 167 Å². The number of amides is 1. The van der Waals surface area contributed by atoms with Crippen LogP contribution in [-0.4, -0.2) is 29.4 Å². The molecule has 0 fully saturated rings. The van der Waals surface area contributed by atoms with Crippen LogP contribution in [0.4, 0.5) is 4.39 Å². The van der Waals surface area contributed by atoms with Crippen molar-refractivity contribution in [2.45, 2.75) is 13.5 Å². The van der Waals surface area contributed by atoms with E-state index in [2.05, 4.69) is 11.6 Å². The summed E-state index contributed by atoms with van der Waals surface area (Å²) in [5.41, 5.74) is 2.45. The Morgan fingerprint density at radius 2 is 1.89 bits per heavy atom. The van der Waals surface area contributed by atoms with Gasteiger partial charge >= 0.3 is 0 Å². The average molecular weight is 396 g/mol. The number of thiazole rings is 1. The molecular weight excluding hydrogens is 375 g/mol. The van der Waals surface area contributed by atoms with Crippen LogP contribution in [0, 0.1) is 12.7 Å². The van der Waals surface area contributed by atoms with Crippen molar-refractivity contribution in [1.29, 1.82) is 0 Å². The summed E-state index contributed by atoms with van der Waals surface area (Å²) in [6, 6.07) is 13.7. The Bertz CT molecular complexity index is 965. The first-order chi connectivity index (χ1) is 13.5. The van der Waals surface area contributed by atoms with Crippen molar-refractivity contribution in [3.8, 4) is 16.3 Å². The lowest BCUT2D eigenvalue weighted by Gasteiger charge is -2.21. The number of hydrogen-bond acceptors (Lipinski definition) is 4. The van der Waals surface area contributed by atoms with Crippen molar-refractivity contribution >= 4 is 17.2 Å². The minimum atomic E-state index is -0.301. The monoisotopic (exact) mass is 396 g/mol. The van der Waals surface area contributed by atoms with Crippen molar-refractivity contribution in [2.24, 2.45) is 0 Å². The van der Waals surface area contributed by atoms with Crippen molar-refractivity contribution < 1.29 is 13.9 Å². The van der Waals surface area contributed by atoms with E-state index in [-0.39, 0.29) is 11.7 Å². The summed E-state index contributed by atoms with van der Waals surface area (Å²) in [6.07, 6.45) is 1.71. The number of ether oxygens (including phenoxy) is 1. The molecule has 0 aliphatic heterocycles. The number of carbonyl (C=O) groups is 1. The van der Waals surface area contributed by atoms with Gasteiger partial charge in [-0.1, -0.05) is 18.2 Å². The van der Waals surface area contributed by atoms with Crippen LogP contribution >= 0.6 is 11.3 Å². The van der Waals surface area contributed by atoms with E-state index >= 15 is 0 Å². The smallest absolute Gasteiger partial charge is 0.266 e. The van der Waals surface area contributed by atoms with Crippen LogP contribution < -0.4 is 4.74 Å². The molecule has 0 aliphatic carbocycles. The highest BCUT2D eigenvalue weighted by molar-refractivity contribution is 7.17. The molecule has 28 heavy (non-hydrogen) atoms. The molecule has 4 nitrogen and oxygen atoms in total. The highest BCUT2D eigenvalue weighted by Crippen LogP contribution is 2.29. The molecule has 6 heteroatoms. The normalized spacial score (nSPS) is 10.5. The van der Waals surface area contributed by atoms with E-state index in [1.54, 1.807) is 30.2 Å². The average Bonchev–Trinajstić information content (AvgIpc) is 3.10. The topological polar surface area (TPSA) is 42.4 Å². The van der Waals surface area contributed by atoms with E-state index < -0.39 is 0 Å².